The van der Waals surface area contributed by atoms with Crippen molar-refractivity contribution >= 4 is 21.5 Å². The Bertz CT molecular complexity index is 579. The van der Waals surface area contributed by atoms with Crippen molar-refractivity contribution in [3.8, 4) is 0 Å². The van der Waals surface area contributed by atoms with Crippen LogP contribution >= 0.6 is 0 Å². The Morgan fingerprint density at radius 1 is 1.50 bits per heavy atom. The number of hydrogen-bond acceptors (Lipinski definition) is 4. The molecule has 6 nitrogen and oxygen atoms in total. The lowest BCUT2D eigenvalue weighted by atomic mass is 10.0. The Labute approximate surface area is 107 Å². The molecular weight excluding hydrogens is 254 g/mol. The van der Waals surface area contributed by atoms with Gasteiger partial charge in [0.05, 0.1) is 11.9 Å². The third kappa shape index (κ3) is 3.36. The van der Waals surface area contributed by atoms with Crippen LogP contribution in [0.2, 0.25) is 0 Å². The number of hydrogen-bond donors (Lipinski definition) is 3. The van der Waals surface area contributed by atoms with Crippen LogP contribution in [0.3, 0.4) is 0 Å². The first-order valence-electron chi connectivity index (χ1n) is 5.37. The summed E-state index contributed by atoms with van der Waals surface area (Å²) in [5, 5.41) is 11.6. The lowest BCUT2D eigenvalue weighted by Gasteiger charge is -2.14. The molecule has 7 heteroatoms. The first kappa shape index (κ1) is 14.3. The van der Waals surface area contributed by atoms with E-state index in [0.717, 1.165) is 17.4 Å². The summed E-state index contributed by atoms with van der Waals surface area (Å²) < 4.78 is 25.1. The second kappa shape index (κ2) is 5.26. The lowest BCUT2D eigenvalue weighted by molar-refractivity contribution is 0.318. The summed E-state index contributed by atoms with van der Waals surface area (Å²) in [6.07, 6.45) is 1.73. The molecule has 0 saturated carbocycles. The number of aryl methyl sites for hydroxylation is 2. The van der Waals surface area contributed by atoms with E-state index in [1.54, 1.807) is 19.1 Å². The van der Waals surface area contributed by atoms with Crippen molar-refractivity contribution in [3.05, 3.63) is 28.8 Å². The molecular formula is C11H17N3O3S. The average Bonchev–Trinajstić information content (AvgIpc) is 2.28. The quantitative estimate of drug-likeness (QED) is 0.329. The van der Waals surface area contributed by atoms with Gasteiger partial charge < -0.3 is 10.9 Å². The van der Waals surface area contributed by atoms with Crippen LogP contribution in [0.4, 0.5) is 5.69 Å². The Hall–Kier alpha value is -1.76. The largest absolute Gasteiger partial charge is 0.409 e. The lowest BCUT2D eigenvalue weighted by Crippen LogP contribution is -2.16. The van der Waals surface area contributed by atoms with Crippen molar-refractivity contribution in [3.63, 3.8) is 0 Å². The highest BCUT2D eigenvalue weighted by atomic mass is 32.2. The van der Waals surface area contributed by atoms with Gasteiger partial charge in [-0.2, -0.15) is 0 Å². The normalized spacial score (nSPS) is 12.5. The van der Waals surface area contributed by atoms with E-state index < -0.39 is 10.0 Å². The zero-order valence-corrected chi connectivity index (χ0v) is 11.4. The molecule has 0 spiro atoms. The highest BCUT2D eigenvalue weighted by molar-refractivity contribution is 7.92. The number of nitrogens with one attached hydrogen (secondary N) is 1. The Morgan fingerprint density at radius 3 is 2.56 bits per heavy atom. The van der Waals surface area contributed by atoms with Crippen LogP contribution in [0.5, 0.6) is 0 Å². The summed E-state index contributed by atoms with van der Waals surface area (Å²) in [6.45, 7) is 3.67. The third-order valence-electron chi connectivity index (χ3n) is 2.49. The second-order valence-electron chi connectivity index (χ2n) is 4.04. The molecule has 1 aromatic carbocycles. The molecule has 0 saturated heterocycles. The van der Waals surface area contributed by atoms with Crippen molar-refractivity contribution in [2.24, 2.45) is 10.9 Å². The summed E-state index contributed by atoms with van der Waals surface area (Å²) >= 11 is 0. The molecule has 0 aliphatic heterocycles. The average molecular weight is 271 g/mol. The predicted molar refractivity (Wildman–Crippen MR) is 71.5 cm³/mol. The molecule has 18 heavy (non-hydrogen) atoms. The maximum absolute atomic E-state index is 11.3. The number of benzene rings is 1. The molecule has 1 rings (SSSR count). The first-order valence-corrected chi connectivity index (χ1v) is 7.26. The van der Waals surface area contributed by atoms with E-state index >= 15 is 0 Å². The highest BCUT2D eigenvalue weighted by Crippen LogP contribution is 2.24. The number of nitrogens with two attached hydrogens (primary N) is 1. The van der Waals surface area contributed by atoms with Gasteiger partial charge in [-0.05, 0) is 36.6 Å². The first-order chi connectivity index (χ1) is 8.28. The van der Waals surface area contributed by atoms with Crippen molar-refractivity contribution in [2.45, 2.75) is 20.3 Å². The molecule has 0 bridgehead atoms. The zero-order valence-electron chi connectivity index (χ0n) is 10.6. The van der Waals surface area contributed by atoms with Crippen LogP contribution in [0.25, 0.3) is 0 Å². The van der Waals surface area contributed by atoms with Gasteiger partial charge in [0.15, 0.2) is 5.84 Å². The number of sulfonamides is 1. The smallest absolute Gasteiger partial charge is 0.229 e. The predicted octanol–water partition coefficient (Wildman–Crippen LogP) is 1.02. The van der Waals surface area contributed by atoms with Crippen LogP contribution in [-0.2, 0) is 16.4 Å². The van der Waals surface area contributed by atoms with Crippen LogP contribution in [0, 0.1) is 6.92 Å². The number of rotatable bonds is 4. The molecule has 0 amide bonds. The monoisotopic (exact) mass is 271 g/mol. The van der Waals surface area contributed by atoms with E-state index in [9.17, 15) is 8.42 Å². The van der Waals surface area contributed by atoms with Crippen LogP contribution in [0.15, 0.2) is 17.3 Å². The molecule has 0 fully saturated rings. The molecule has 0 atom stereocenters. The van der Waals surface area contributed by atoms with E-state index in [4.69, 9.17) is 10.9 Å². The van der Waals surface area contributed by atoms with Crippen molar-refractivity contribution in [1.82, 2.24) is 0 Å². The second-order valence-corrected chi connectivity index (χ2v) is 5.79. The highest BCUT2D eigenvalue weighted by Gasteiger charge is 2.12. The molecule has 0 aliphatic rings. The van der Waals surface area contributed by atoms with Gasteiger partial charge in [-0.15, -0.1) is 0 Å². The van der Waals surface area contributed by atoms with Crippen LogP contribution < -0.4 is 10.5 Å². The van der Waals surface area contributed by atoms with Gasteiger partial charge in [-0.3, -0.25) is 4.72 Å². The van der Waals surface area contributed by atoms with Crippen molar-refractivity contribution in [1.29, 1.82) is 0 Å². The van der Waals surface area contributed by atoms with Gasteiger partial charge in [-0.1, -0.05) is 12.1 Å². The summed E-state index contributed by atoms with van der Waals surface area (Å²) in [5.74, 6) is -0.00120. The topological polar surface area (TPSA) is 105 Å². The Morgan fingerprint density at radius 2 is 2.11 bits per heavy atom. The van der Waals surface area contributed by atoms with E-state index in [2.05, 4.69) is 9.88 Å². The molecule has 0 radical (unpaired) electrons. The Kier molecular flexibility index (Phi) is 4.18. The fraction of sp³-hybridized carbons (Fsp3) is 0.364. The molecule has 0 heterocycles. The molecule has 0 unspecified atom stereocenters. The van der Waals surface area contributed by atoms with E-state index in [-0.39, 0.29) is 5.84 Å². The third-order valence-corrected chi connectivity index (χ3v) is 3.06. The summed E-state index contributed by atoms with van der Waals surface area (Å²) in [6, 6.07) is 3.37. The summed E-state index contributed by atoms with van der Waals surface area (Å²) in [7, 11) is -3.33. The van der Waals surface area contributed by atoms with E-state index in [0.29, 0.717) is 17.7 Å². The number of anilines is 1. The number of amidine groups is 1. The minimum atomic E-state index is -3.33. The molecule has 1 aromatic rings. The van der Waals surface area contributed by atoms with Gasteiger partial charge in [0.2, 0.25) is 10.0 Å². The number of oxime groups is 1. The Balaban J connectivity index is 3.38. The van der Waals surface area contributed by atoms with E-state index in [1.807, 2.05) is 6.92 Å². The minimum absolute atomic E-state index is 0.00120. The molecule has 0 aliphatic carbocycles. The zero-order chi connectivity index (χ0) is 13.9. The van der Waals surface area contributed by atoms with Gasteiger partial charge >= 0.3 is 0 Å². The molecule has 100 valence electrons. The maximum atomic E-state index is 11.3. The minimum Gasteiger partial charge on any atom is -0.409 e. The summed E-state index contributed by atoms with van der Waals surface area (Å²) in [5.41, 5.74) is 8.15. The van der Waals surface area contributed by atoms with E-state index in [1.165, 1.54) is 0 Å². The summed E-state index contributed by atoms with van der Waals surface area (Å²) in [4.78, 5) is 0. The molecule has 0 aromatic heterocycles. The fourth-order valence-electron chi connectivity index (χ4n) is 1.68. The number of nitrogens with zero attached hydrogens (tertiary/aromatic N) is 1. The molecule has 4 N–H and O–H groups in total. The maximum Gasteiger partial charge on any atom is 0.229 e. The van der Waals surface area contributed by atoms with Gasteiger partial charge in [0, 0.05) is 5.56 Å². The SMILES string of the molecule is CCc1cc(/C(N)=N/O)cc(C)c1NS(C)(=O)=O. The van der Waals surface area contributed by atoms with Gasteiger partial charge in [-0.25, -0.2) is 8.42 Å². The van der Waals surface area contributed by atoms with Gasteiger partial charge in [0.25, 0.3) is 0 Å². The van der Waals surface area contributed by atoms with Gasteiger partial charge in [0.1, 0.15) is 0 Å². The van der Waals surface area contributed by atoms with Crippen molar-refractivity contribution in [2.75, 3.05) is 11.0 Å². The van der Waals surface area contributed by atoms with Crippen molar-refractivity contribution < 1.29 is 13.6 Å². The van der Waals surface area contributed by atoms with Crippen LogP contribution in [-0.4, -0.2) is 25.7 Å². The van der Waals surface area contributed by atoms with Crippen LogP contribution in [0.1, 0.15) is 23.6 Å². The fourth-order valence-corrected chi connectivity index (χ4v) is 2.34. The standard InChI is InChI=1S/C11H17N3O3S/c1-4-8-6-9(11(12)13-15)5-7(2)10(8)14-18(3,16)17/h5-6,14-15H,4H2,1-3H3,(H2,12,13).